The molecule has 2 saturated carbocycles. The van der Waals surface area contributed by atoms with E-state index in [1.165, 1.54) is 19.3 Å². The molecule has 0 aromatic heterocycles. The van der Waals surface area contributed by atoms with Crippen LogP contribution < -0.4 is 4.74 Å². The van der Waals surface area contributed by atoms with E-state index in [1.807, 2.05) is 6.07 Å². The summed E-state index contributed by atoms with van der Waals surface area (Å²) < 4.78 is 5.92. The average molecular weight is 232 g/mol. The summed E-state index contributed by atoms with van der Waals surface area (Å²) in [5.74, 6) is 1.06. The Balaban J connectivity index is 1.79. The topological polar surface area (TPSA) is 46.5 Å². The van der Waals surface area contributed by atoms with Gasteiger partial charge in [-0.15, -0.1) is 0 Å². The Morgan fingerprint density at radius 3 is 2.71 bits per heavy atom. The average Bonchev–Trinajstić information content (AvgIpc) is 2.91. The van der Waals surface area contributed by atoms with Crippen LogP contribution in [0.3, 0.4) is 0 Å². The zero-order valence-corrected chi connectivity index (χ0v) is 9.63. The Morgan fingerprint density at radius 1 is 1.24 bits per heavy atom. The molecule has 2 bridgehead atoms. The lowest BCUT2D eigenvalue weighted by Crippen LogP contribution is -2.24. The third kappa shape index (κ3) is 1.90. The molecule has 2 fully saturated rings. The summed E-state index contributed by atoms with van der Waals surface area (Å²) in [5.41, 5.74) is 0.273. The second kappa shape index (κ2) is 4.06. The molecule has 3 rings (SSSR count). The predicted octanol–water partition coefficient (Wildman–Crippen LogP) is 2.95. The second-order valence-electron chi connectivity index (χ2n) is 5.13. The summed E-state index contributed by atoms with van der Waals surface area (Å²) in [5, 5.41) is 9.09. The highest BCUT2D eigenvalue weighted by atomic mass is 16.5. The Labute approximate surface area is 100 Å². The summed E-state index contributed by atoms with van der Waals surface area (Å²) in [7, 11) is 0. The van der Waals surface area contributed by atoms with Crippen molar-refractivity contribution in [3.05, 3.63) is 29.8 Å². The van der Waals surface area contributed by atoms with Crippen LogP contribution in [0.4, 0.5) is 0 Å². The highest BCUT2D eigenvalue weighted by molar-refractivity contribution is 5.90. The van der Waals surface area contributed by atoms with Crippen LogP contribution in [0.1, 0.15) is 36.0 Å². The summed E-state index contributed by atoms with van der Waals surface area (Å²) in [6.45, 7) is 0. The van der Waals surface area contributed by atoms with E-state index in [0.29, 0.717) is 11.7 Å². The largest absolute Gasteiger partial charge is 0.489 e. The summed E-state index contributed by atoms with van der Waals surface area (Å²) in [4.78, 5) is 11.1. The van der Waals surface area contributed by atoms with Crippen molar-refractivity contribution in [2.75, 3.05) is 0 Å². The normalized spacial score (nSPS) is 30.5. The lowest BCUT2D eigenvalue weighted by Gasteiger charge is -2.23. The minimum absolute atomic E-state index is 0.231. The fraction of sp³-hybridized carbons (Fsp3) is 0.500. The van der Waals surface area contributed by atoms with Gasteiger partial charge in [0, 0.05) is 0 Å². The van der Waals surface area contributed by atoms with Gasteiger partial charge in [0.2, 0.25) is 0 Å². The number of fused-ring (bicyclic) bond motifs is 2. The maximum atomic E-state index is 11.1. The van der Waals surface area contributed by atoms with Crippen molar-refractivity contribution in [2.45, 2.75) is 31.8 Å². The van der Waals surface area contributed by atoms with Gasteiger partial charge in [0.05, 0.1) is 0 Å². The van der Waals surface area contributed by atoms with Gasteiger partial charge in [0.15, 0.2) is 0 Å². The third-order valence-electron chi connectivity index (χ3n) is 4.07. The Kier molecular flexibility index (Phi) is 2.54. The Bertz CT molecular complexity index is 441. The van der Waals surface area contributed by atoms with E-state index in [4.69, 9.17) is 9.84 Å². The van der Waals surface area contributed by atoms with Crippen LogP contribution >= 0.6 is 0 Å². The first-order chi connectivity index (χ1) is 8.24. The lowest BCUT2D eigenvalue weighted by molar-refractivity contribution is 0.0684. The zero-order valence-electron chi connectivity index (χ0n) is 9.63. The number of ether oxygens (including phenoxy) is 1. The number of rotatable bonds is 3. The van der Waals surface area contributed by atoms with Crippen molar-refractivity contribution in [1.29, 1.82) is 0 Å². The molecule has 0 heterocycles. The number of benzene rings is 1. The molecule has 0 amide bonds. The van der Waals surface area contributed by atoms with Crippen molar-refractivity contribution in [3.8, 4) is 5.75 Å². The van der Waals surface area contributed by atoms with Gasteiger partial charge >= 0.3 is 5.97 Å². The minimum Gasteiger partial charge on any atom is -0.489 e. The van der Waals surface area contributed by atoms with Crippen LogP contribution in [0.15, 0.2) is 24.3 Å². The number of carbonyl (C=O) groups is 1. The molecule has 2 aliphatic carbocycles. The standard InChI is InChI=1S/C14H16O3/c15-14(16)11-3-1-2-4-12(11)17-13-8-9-5-6-10(13)7-9/h1-4,9-10,13H,5-8H2,(H,15,16). The molecule has 3 atom stereocenters. The van der Waals surface area contributed by atoms with E-state index in [9.17, 15) is 4.79 Å². The number of para-hydroxylation sites is 1. The monoisotopic (exact) mass is 232 g/mol. The number of carboxylic acids is 1. The highest BCUT2D eigenvalue weighted by Crippen LogP contribution is 2.46. The predicted molar refractivity (Wildman–Crippen MR) is 63.3 cm³/mol. The SMILES string of the molecule is O=C(O)c1ccccc1OC1CC2CCC1C2. The third-order valence-corrected chi connectivity index (χ3v) is 4.07. The number of carboxylic acid groups (broad SMARTS) is 1. The van der Waals surface area contributed by atoms with Gasteiger partial charge in [-0.1, -0.05) is 12.1 Å². The zero-order chi connectivity index (χ0) is 11.8. The summed E-state index contributed by atoms with van der Waals surface area (Å²) >= 11 is 0. The van der Waals surface area contributed by atoms with Gasteiger partial charge in [-0.25, -0.2) is 4.79 Å². The minimum atomic E-state index is -0.913. The van der Waals surface area contributed by atoms with Crippen LogP contribution in [0.25, 0.3) is 0 Å². The van der Waals surface area contributed by atoms with Gasteiger partial charge in [-0.3, -0.25) is 0 Å². The van der Waals surface area contributed by atoms with E-state index in [-0.39, 0.29) is 11.7 Å². The fourth-order valence-electron chi connectivity index (χ4n) is 3.24. The Hall–Kier alpha value is -1.51. The van der Waals surface area contributed by atoms with E-state index >= 15 is 0 Å². The molecule has 0 radical (unpaired) electrons. The van der Waals surface area contributed by atoms with E-state index in [0.717, 1.165) is 12.3 Å². The molecule has 1 aromatic carbocycles. The quantitative estimate of drug-likeness (QED) is 0.871. The van der Waals surface area contributed by atoms with Crippen molar-refractivity contribution in [3.63, 3.8) is 0 Å². The van der Waals surface area contributed by atoms with Crippen molar-refractivity contribution < 1.29 is 14.6 Å². The number of hydrogen-bond donors (Lipinski definition) is 1. The molecule has 90 valence electrons. The highest BCUT2D eigenvalue weighted by Gasteiger charge is 2.41. The lowest BCUT2D eigenvalue weighted by atomic mass is 9.97. The van der Waals surface area contributed by atoms with Gasteiger partial charge in [-0.2, -0.15) is 0 Å². The van der Waals surface area contributed by atoms with E-state index < -0.39 is 5.97 Å². The molecule has 3 unspecified atom stereocenters. The molecule has 17 heavy (non-hydrogen) atoms. The molecule has 0 spiro atoms. The van der Waals surface area contributed by atoms with E-state index in [1.54, 1.807) is 18.2 Å². The molecule has 1 N–H and O–H groups in total. The maximum absolute atomic E-state index is 11.1. The summed E-state index contributed by atoms with van der Waals surface area (Å²) in [6.07, 6.45) is 5.16. The smallest absolute Gasteiger partial charge is 0.339 e. The number of aromatic carboxylic acids is 1. The molecule has 3 heteroatoms. The first kappa shape index (κ1) is 10.6. The summed E-state index contributed by atoms with van der Waals surface area (Å²) in [6, 6.07) is 6.92. The van der Waals surface area contributed by atoms with Crippen LogP contribution in [0.5, 0.6) is 5.75 Å². The second-order valence-corrected chi connectivity index (χ2v) is 5.13. The molecular formula is C14H16O3. The molecule has 0 aliphatic heterocycles. The van der Waals surface area contributed by atoms with Crippen molar-refractivity contribution in [2.24, 2.45) is 11.8 Å². The Morgan fingerprint density at radius 2 is 2.06 bits per heavy atom. The van der Waals surface area contributed by atoms with Gasteiger partial charge < -0.3 is 9.84 Å². The van der Waals surface area contributed by atoms with E-state index in [2.05, 4.69) is 0 Å². The molecule has 3 nitrogen and oxygen atoms in total. The van der Waals surface area contributed by atoms with Crippen LogP contribution in [-0.4, -0.2) is 17.2 Å². The van der Waals surface area contributed by atoms with Crippen LogP contribution in [0.2, 0.25) is 0 Å². The number of hydrogen-bond acceptors (Lipinski definition) is 2. The maximum Gasteiger partial charge on any atom is 0.339 e. The van der Waals surface area contributed by atoms with Crippen molar-refractivity contribution >= 4 is 5.97 Å². The first-order valence-electron chi connectivity index (χ1n) is 6.23. The van der Waals surface area contributed by atoms with Gasteiger partial charge in [0.25, 0.3) is 0 Å². The van der Waals surface area contributed by atoms with Crippen LogP contribution in [0, 0.1) is 11.8 Å². The van der Waals surface area contributed by atoms with Gasteiger partial charge in [-0.05, 0) is 49.7 Å². The first-order valence-corrected chi connectivity index (χ1v) is 6.23. The van der Waals surface area contributed by atoms with Crippen molar-refractivity contribution in [1.82, 2.24) is 0 Å². The molecule has 2 aliphatic rings. The van der Waals surface area contributed by atoms with Crippen LogP contribution in [-0.2, 0) is 0 Å². The molecule has 1 aromatic rings. The molecule has 0 saturated heterocycles. The fourth-order valence-corrected chi connectivity index (χ4v) is 3.24. The molecular weight excluding hydrogens is 216 g/mol. The van der Waals surface area contributed by atoms with Gasteiger partial charge in [0.1, 0.15) is 17.4 Å².